The zero-order chi connectivity index (χ0) is 62.6. The lowest BCUT2D eigenvalue weighted by Crippen LogP contribution is -2.70. The highest BCUT2D eigenvalue weighted by atomic mass is 16.8. The number of aliphatic hydroxyl groups excluding tert-OH is 11. The van der Waals surface area contributed by atoms with Gasteiger partial charge >= 0.3 is 5.97 Å². The van der Waals surface area contributed by atoms with Crippen LogP contribution in [-0.2, 0) is 42.8 Å². The summed E-state index contributed by atoms with van der Waals surface area (Å²) in [5.74, 6) is -6.09. The molecule has 23 nitrogen and oxygen atoms in total. The van der Waals surface area contributed by atoms with E-state index in [0.29, 0.717) is 19.3 Å². The lowest BCUT2D eigenvalue weighted by atomic mass is 9.88. The van der Waals surface area contributed by atoms with Gasteiger partial charge in [0.05, 0.1) is 50.7 Å². The van der Waals surface area contributed by atoms with Gasteiger partial charge in [0.2, 0.25) is 11.8 Å². The van der Waals surface area contributed by atoms with E-state index in [9.17, 15) is 75.7 Å². The highest BCUT2D eigenvalue weighted by Gasteiger charge is 2.60. The zero-order valence-corrected chi connectivity index (χ0v) is 51.7. The van der Waals surface area contributed by atoms with E-state index in [1.165, 1.54) is 141 Å². The van der Waals surface area contributed by atoms with Crippen LogP contribution >= 0.6 is 0 Å². The van der Waals surface area contributed by atoms with Crippen LogP contribution in [0.1, 0.15) is 239 Å². The van der Waals surface area contributed by atoms with Crippen LogP contribution in [0.2, 0.25) is 0 Å². The van der Waals surface area contributed by atoms with Crippen LogP contribution in [0.15, 0.2) is 0 Å². The number of carboxylic acids is 1. The van der Waals surface area contributed by atoms with Crippen molar-refractivity contribution < 1.29 is 104 Å². The third kappa shape index (κ3) is 27.8. The van der Waals surface area contributed by atoms with Crippen molar-refractivity contribution in [3.63, 3.8) is 0 Å². The van der Waals surface area contributed by atoms with Gasteiger partial charge in [-0.3, -0.25) is 9.59 Å². The number of carbonyl (C=O) groups excluding carboxylic acids is 2. The monoisotopic (exact) mass is 1220 g/mol. The van der Waals surface area contributed by atoms with Crippen molar-refractivity contribution in [3.05, 3.63) is 0 Å². The SMILES string of the molecule is CCCCCCCCCCCCCCCCCCCCC(=O)NC(COC1OC(CO)C(OC2OC(CO)C(O)C(OC3(C(=O)O)CC(O)C(NC(C)=O)C(C(O)C(O)CO)O3)C2O)C(O)C1O)C(O)CCCCCCCCCCCCCCC. The van der Waals surface area contributed by atoms with Crippen molar-refractivity contribution in [2.45, 2.75) is 349 Å². The number of ether oxygens (including phenoxy) is 6. The lowest BCUT2D eigenvalue weighted by Gasteiger charge is -2.50. The molecule has 18 unspecified atom stereocenters. The van der Waals surface area contributed by atoms with E-state index in [1.807, 2.05) is 0 Å². The number of rotatable bonds is 49. The van der Waals surface area contributed by atoms with Crippen LogP contribution in [0.3, 0.4) is 0 Å². The Labute approximate surface area is 506 Å². The molecule has 14 N–H and O–H groups in total. The van der Waals surface area contributed by atoms with E-state index < -0.39 is 148 Å². The van der Waals surface area contributed by atoms with Crippen LogP contribution in [0, 0.1) is 0 Å². The fraction of sp³-hybridized carbons (Fsp3) is 0.952. The summed E-state index contributed by atoms with van der Waals surface area (Å²) < 4.78 is 34.8. The summed E-state index contributed by atoms with van der Waals surface area (Å²) in [6.07, 6.45) is 8.29. The molecule has 2 amide bonds. The fourth-order valence-electron chi connectivity index (χ4n) is 11.8. The molecule has 0 radical (unpaired) electrons. The Bertz CT molecular complexity index is 1740. The van der Waals surface area contributed by atoms with Crippen LogP contribution < -0.4 is 10.6 Å². The first-order valence-electron chi connectivity index (χ1n) is 32.9. The molecule has 0 aromatic rings. The van der Waals surface area contributed by atoms with Gasteiger partial charge in [-0.05, 0) is 12.8 Å². The van der Waals surface area contributed by atoms with Crippen LogP contribution in [0.4, 0.5) is 0 Å². The molecule has 3 fully saturated rings. The number of nitrogens with one attached hydrogen (secondary N) is 2. The van der Waals surface area contributed by atoms with Gasteiger partial charge in [0.1, 0.15) is 67.1 Å². The standard InChI is InChI=1S/C62H116N2O21/c1-4-6-8-10-12-14-16-18-19-20-21-22-24-26-28-30-32-34-36-49(72)64-43(44(69)35-33-31-29-27-25-23-17-15-13-11-9-7-5-2)41-80-59-54(76)53(75)56(48(40-67)82-59)83-60-55(77)58(52(74)47(39-66)81-60)85-62(61(78)79)37-45(70)50(63-42(3)68)57(84-62)51(73)46(71)38-65/h43-48,50-60,65-67,69-71,73-77H,4-41H2,1-3H3,(H,63,68)(H,64,72)(H,78,79). The number of aliphatic hydroxyl groups is 11. The van der Waals surface area contributed by atoms with E-state index in [1.54, 1.807) is 0 Å². The molecule has 85 heavy (non-hydrogen) atoms. The first kappa shape index (κ1) is 77.0. The second kappa shape index (κ2) is 44.2. The molecule has 0 aromatic carbocycles. The van der Waals surface area contributed by atoms with Gasteiger partial charge < -0.3 is 100 Å². The third-order valence-electron chi connectivity index (χ3n) is 17.1. The van der Waals surface area contributed by atoms with E-state index in [0.717, 1.165) is 51.9 Å². The van der Waals surface area contributed by atoms with Crippen molar-refractivity contribution >= 4 is 17.8 Å². The second-order valence-corrected chi connectivity index (χ2v) is 24.3. The summed E-state index contributed by atoms with van der Waals surface area (Å²) in [6, 6.07) is -2.52. The molecule has 0 aliphatic carbocycles. The number of hydrogen-bond donors (Lipinski definition) is 14. The molecule has 500 valence electrons. The largest absolute Gasteiger partial charge is 0.477 e. The quantitative estimate of drug-likeness (QED) is 0.0371. The summed E-state index contributed by atoms with van der Waals surface area (Å²) in [5, 5.41) is 136. The Morgan fingerprint density at radius 3 is 1.47 bits per heavy atom. The van der Waals surface area contributed by atoms with Crippen molar-refractivity contribution in [2.75, 3.05) is 26.4 Å². The van der Waals surface area contributed by atoms with Crippen molar-refractivity contribution in [1.82, 2.24) is 10.6 Å². The Morgan fingerprint density at radius 2 is 1.02 bits per heavy atom. The molecule has 0 aromatic heterocycles. The Hall–Kier alpha value is -2.27. The molecule has 3 heterocycles. The second-order valence-electron chi connectivity index (χ2n) is 24.3. The minimum Gasteiger partial charge on any atom is -0.477 e. The molecule has 0 saturated carbocycles. The molecule has 3 rings (SSSR count). The zero-order valence-electron chi connectivity index (χ0n) is 51.7. The highest BCUT2D eigenvalue weighted by Crippen LogP contribution is 2.39. The molecule has 18 atom stereocenters. The highest BCUT2D eigenvalue weighted by molar-refractivity contribution is 5.77. The van der Waals surface area contributed by atoms with Gasteiger partial charge in [0.25, 0.3) is 5.79 Å². The molecule has 0 bridgehead atoms. The lowest BCUT2D eigenvalue weighted by molar-refractivity contribution is -0.386. The molecule has 23 heteroatoms. The van der Waals surface area contributed by atoms with Crippen molar-refractivity contribution in [1.29, 1.82) is 0 Å². The maximum atomic E-state index is 13.4. The molecule has 3 aliphatic heterocycles. The van der Waals surface area contributed by atoms with Crippen LogP contribution in [0.5, 0.6) is 0 Å². The number of carbonyl (C=O) groups is 3. The summed E-state index contributed by atoms with van der Waals surface area (Å²) in [5.41, 5.74) is 0. The predicted octanol–water partition coefficient (Wildman–Crippen LogP) is 4.56. The number of unbranched alkanes of at least 4 members (excludes halogenated alkanes) is 29. The van der Waals surface area contributed by atoms with E-state index in [-0.39, 0.29) is 18.9 Å². The summed E-state index contributed by atoms with van der Waals surface area (Å²) >= 11 is 0. The van der Waals surface area contributed by atoms with Gasteiger partial charge in [0, 0.05) is 19.8 Å². The summed E-state index contributed by atoms with van der Waals surface area (Å²) in [7, 11) is 0. The molecule has 3 saturated heterocycles. The van der Waals surface area contributed by atoms with Gasteiger partial charge in [-0.2, -0.15) is 0 Å². The first-order chi connectivity index (χ1) is 40.9. The van der Waals surface area contributed by atoms with E-state index in [4.69, 9.17) is 28.4 Å². The van der Waals surface area contributed by atoms with E-state index >= 15 is 0 Å². The van der Waals surface area contributed by atoms with Crippen molar-refractivity contribution in [3.8, 4) is 0 Å². The average molecular weight is 1230 g/mol. The maximum absolute atomic E-state index is 13.4. The maximum Gasteiger partial charge on any atom is 0.364 e. The summed E-state index contributed by atoms with van der Waals surface area (Å²) in [6.45, 7) is 2.20. The van der Waals surface area contributed by atoms with Crippen molar-refractivity contribution in [2.24, 2.45) is 0 Å². The fourth-order valence-corrected chi connectivity index (χ4v) is 11.8. The molecular weight excluding hydrogens is 1110 g/mol. The van der Waals surface area contributed by atoms with Gasteiger partial charge in [0.15, 0.2) is 12.6 Å². The normalized spacial score (nSPS) is 29.5. The minimum absolute atomic E-state index is 0.229. The molecular formula is C62H116N2O21. The molecule has 3 aliphatic rings. The number of carboxylic acid groups (broad SMARTS) is 1. The number of aliphatic carboxylic acids is 1. The Morgan fingerprint density at radius 1 is 0.565 bits per heavy atom. The van der Waals surface area contributed by atoms with Gasteiger partial charge in [-0.1, -0.05) is 206 Å². The smallest absolute Gasteiger partial charge is 0.364 e. The van der Waals surface area contributed by atoms with Crippen LogP contribution in [-0.4, -0.2) is 215 Å². The number of amides is 2. The minimum atomic E-state index is -3.08. The van der Waals surface area contributed by atoms with Crippen LogP contribution in [0.25, 0.3) is 0 Å². The van der Waals surface area contributed by atoms with E-state index in [2.05, 4.69) is 24.5 Å². The third-order valence-corrected chi connectivity index (χ3v) is 17.1. The summed E-state index contributed by atoms with van der Waals surface area (Å²) in [4.78, 5) is 38.5. The van der Waals surface area contributed by atoms with Gasteiger partial charge in [-0.25, -0.2) is 4.79 Å². The van der Waals surface area contributed by atoms with Gasteiger partial charge in [-0.15, -0.1) is 0 Å². The topological polar surface area (TPSA) is 373 Å². The predicted molar refractivity (Wildman–Crippen MR) is 315 cm³/mol. The molecule has 0 spiro atoms. The Kier molecular flexibility index (Phi) is 40.1. The average Bonchev–Trinajstić information content (AvgIpc) is 1.28. The Balaban J connectivity index is 1.62. The number of hydrogen-bond acceptors (Lipinski definition) is 20. The first-order valence-corrected chi connectivity index (χ1v) is 32.9.